The maximum atomic E-state index is 13.8. The highest BCUT2D eigenvalue weighted by Gasteiger charge is 2.24. The van der Waals surface area contributed by atoms with Crippen LogP contribution in [0.1, 0.15) is 30.5 Å². The molecule has 0 saturated carbocycles. The summed E-state index contributed by atoms with van der Waals surface area (Å²) in [5.74, 6) is -1.10. The van der Waals surface area contributed by atoms with Crippen LogP contribution in [0.3, 0.4) is 0 Å². The third kappa shape index (κ3) is 2.73. The molecule has 0 aliphatic carbocycles. The van der Waals surface area contributed by atoms with E-state index in [0.29, 0.717) is 5.01 Å². The second-order valence-corrected chi connectivity index (χ2v) is 5.19. The lowest BCUT2D eigenvalue weighted by Crippen LogP contribution is -2.30. The van der Waals surface area contributed by atoms with Crippen molar-refractivity contribution in [3.63, 3.8) is 0 Å². The van der Waals surface area contributed by atoms with Crippen molar-refractivity contribution < 1.29 is 8.78 Å². The van der Waals surface area contributed by atoms with Gasteiger partial charge in [-0.3, -0.25) is 0 Å². The van der Waals surface area contributed by atoms with E-state index in [2.05, 4.69) is 10.3 Å². The van der Waals surface area contributed by atoms with Crippen LogP contribution in [0.5, 0.6) is 0 Å². The lowest BCUT2D eigenvalue weighted by Gasteiger charge is -2.20. The third-order valence-electron chi connectivity index (χ3n) is 2.49. The van der Waals surface area contributed by atoms with E-state index >= 15 is 0 Å². The van der Waals surface area contributed by atoms with Gasteiger partial charge in [0.15, 0.2) is 0 Å². The number of aromatic nitrogens is 1. The first-order chi connectivity index (χ1) is 8.59. The Morgan fingerprint density at radius 3 is 2.39 bits per heavy atom. The second-order valence-electron chi connectivity index (χ2n) is 4.26. The van der Waals surface area contributed by atoms with Crippen LogP contribution in [-0.2, 0) is 0 Å². The van der Waals surface area contributed by atoms with Crippen molar-refractivity contribution in [2.75, 3.05) is 0 Å². The Morgan fingerprint density at radius 1 is 1.22 bits per heavy atom. The summed E-state index contributed by atoms with van der Waals surface area (Å²) in [5, 5.41) is 5.60. The van der Waals surface area contributed by atoms with Gasteiger partial charge in [-0.15, -0.1) is 11.3 Å². The molecule has 0 spiro atoms. The van der Waals surface area contributed by atoms with Gasteiger partial charge in [0.25, 0.3) is 0 Å². The molecule has 0 amide bonds. The van der Waals surface area contributed by atoms with Crippen LogP contribution in [-0.4, -0.2) is 11.0 Å². The van der Waals surface area contributed by atoms with Crippen molar-refractivity contribution in [2.45, 2.75) is 25.9 Å². The molecule has 2 nitrogen and oxygen atoms in total. The Hall–Kier alpha value is -1.33. The standard InChI is InChI=1S/C13H14F2N2S/c1-8(2)17-12(13-16-6-7-18-13)11-9(14)4-3-5-10(11)15/h3-8,12,17H,1-2H3. The summed E-state index contributed by atoms with van der Waals surface area (Å²) in [5.41, 5.74) is 0.0288. The maximum Gasteiger partial charge on any atom is 0.131 e. The monoisotopic (exact) mass is 268 g/mol. The zero-order chi connectivity index (χ0) is 13.1. The van der Waals surface area contributed by atoms with E-state index in [4.69, 9.17) is 0 Å². The highest BCUT2D eigenvalue weighted by Crippen LogP contribution is 2.28. The number of halogens is 2. The lowest BCUT2D eigenvalue weighted by atomic mass is 10.1. The summed E-state index contributed by atoms with van der Waals surface area (Å²) >= 11 is 1.38. The van der Waals surface area contributed by atoms with Gasteiger partial charge in [-0.25, -0.2) is 13.8 Å². The van der Waals surface area contributed by atoms with Gasteiger partial charge < -0.3 is 5.32 Å². The predicted octanol–water partition coefficient (Wildman–Crippen LogP) is 3.51. The van der Waals surface area contributed by atoms with Crippen LogP contribution in [0, 0.1) is 11.6 Å². The van der Waals surface area contributed by atoms with Crippen molar-refractivity contribution in [2.24, 2.45) is 0 Å². The van der Waals surface area contributed by atoms with Crippen LogP contribution in [0.15, 0.2) is 29.8 Å². The number of hydrogen-bond donors (Lipinski definition) is 1. The van der Waals surface area contributed by atoms with Gasteiger partial charge in [0.05, 0.1) is 6.04 Å². The maximum absolute atomic E-state index is 13.8. The predicted molar refractivity (Wildman–Crippen MR) is 68.6 cm³/mol. The number of hydrogen-bond acceptors (Lipinski definition) is 3. The number of nitrogens with one attached hydrogen (secondary N) is 1. The van der Waals surface area contributed by atoms with Crippen molar-refractivity contribution in [3.8, 4) is 0 Å². The molecule has 0 aliphatic heterocycles. The average Bonchev–Trinajstić information content (AvgIpc) is 2.80. The summed E-state index contributed by atoms with van der Waals surface area (Å²) in [6, 6.07) is 3.44. The fourth-order valence-electron chi connectivity index (χ4n) is 1.77. The van der Waals surface area contributed by atoms with E-state index in [0.717, 1.165) is 0 Å². The number of benzene rings is 1. The molecule has 1 atom stereocenters. The highest BCUT2D eigenvalue weighted by molar-refractivity contribution is 7.09. The molecular weight excluding hydrogens is 254 g/mol. The summed E-state index contributed by atoms with van der Waals surface area (Å²) in [6.07, 6.45) is 1.63. The van der Waals surface area contributed by atoms with Gasteiger partial charge in [-0.05, 0) is 26.0 Å². The molecule has 0 fully saturated rings. The summed E-state index contributed by atoms with van der Waals surface area (Å²) < 4.78 is 27.7. The molecule has 2 aromatic rings. The second kappa shape index (κ2) is 5.54. The van der Waals surface area contributed by atoms with Crippen LogP contribution in [0.2, 0.25) is 0 Å². The van der Waals surface area contributed by atoms with Gasteiger partial charge in [-0.2, -0.15) is 0 Å². The Morgan fingerprint density at radius 2 is 1.89 bits per heavy atom. The van der Waals surface area contributed by atoms with Crippen LogP contribution in [0.4, 0.5) is 8.78 Å². The Balaban J connectivity index is 2.46. The zero-order valence-electron chi connectivity index (χ0n) is 10.2. The van der Waals surface area contributed by atoms with Gasteiger partial charge >= 0.3 is 0 Å². The molecule has 18 heavy (non-hydrogen) atoms. The molecule has 2 rings (SSSR count). The first-order valence-electron chi connectivity index (χ1n) is 5.69. The van der Waals surface area contributed by atoms with E-state index in [-0.39, 0.29) is 11.6 Å². The van der Waals surface area contributed by atoms with E-state index in [1.807, 2.05) is 13.8 Å². The number of thiazole rings is 1. The van der Waals surface area contributed by atoms with Crippen molar-refractivity contribution in [1.29, 1.82) is 0 Å². The number of nitrogens with zero attached hydrogens (tertiary/aromatic N) is 1. The Labute approximate surface area is 109 Å². The van der Waals surface area contributed by atoms with Gasteiger partial charge in [0.2, 0.25) is 0 Å². The molecule has 0 saturated heterocycles. The molecule has 1 N–H and O–H groups in total. The fourth-order valence-corrected chi connectivity index (χ4v) is 2.48. The van der Waals surface area contributed by atoms with Gasteiger partial charge in [0.1, 0.15) is 16.6 Å². The fraction of sp³-hybridized carbons (Fsp3) is 0.308. The van der Waals surface area contributed by atoms with Gasteiger partial charge in [0, 0.05) is 23.2 Å². The largest absolute Gasteiger partial charge is 0.302 e. The Bertz CT molecular complexity index is 491. The molecule has 0 aliphatic rings. The summed E-state index contributed by atoms with van der Waals surface area (Å²) in [6.45, 7) is 3.86. The number of rotatable bonds is 4. The molecule has 0 bridgehead atoms. The van der Waals surface area contributed by atoms with Crippen molar-refractivity contribution >= 4 is 11.3 Å². The van der Waals surface area contributed by atoms with E-state index in [9.17, 15) is 8.78 Å². The van der Waals surface area contributed by atoms with Crippen LogP contribution in [0.25, 0.3) is 0 Å². The first kappa shape index (κ1) is 13.1. The molecule has 5 heteroatoms. The molecule has 1 unspecified atom stereocenters. The highest BCUT2D eigenvalue weighted by atomic mass is 32.1. The normalized spacial score (nSPS) is 12.9. The summed E-state index contributed by atoms with van der Waals surface area (Å²) in [7, 11) is 0. The molecule has 1 heterocycles. The SMILES string of the molecule is CC(C)NC(c1nccs1)c1c(F)cccc1F. The van der Waals surface area contributed by atoms with Crippen molar-refractivity contribution in [1.82, 2.24) is 10.3 Å². The average molecular weight is 268 g/mol. The van der Waals surface area contributed by atoms with Crippen LogP contribution >= 0.6 is 11.3 Å². The first-order valence-corrected chi connectivity index (χ1v) is 6.57. The minimum atomic E-state index is -0.552. The molecule has 96 valence electrons. The molecule has 1 aromatic carbocycles. The van der Waals surface area contributed by atoms with E-state index < -0.39 is 17.7 Å². The summed E-state index contributed by atoms with van der Waals surface area (Å²) in [4.78, 5) is 4.15. The third-order valence-corrected chi connectivity index (χ3v) is 3.33. The minimum Gasteiger partial charge on any atom is -0.302 e. The Kier molecular flexibility index (Phi) is 4.04. The van der Waals surface area contributed by atoms with Gasteiger partial charge in [-0.1, -0.05) is 6.07 Å². The molecular formula is C13H14F2N2S. The quantitative estimate of drug-likeness (QED) is 0.918. The zero-order valence-corrected chi connectivity index (χ0v) is 11.0. The van der Waals surface area contributed by atoms with Crippen molar-refractivity contribution in [3.05, 3.63) is 52.0 Å². The smallest absolute Gasteiger partial charge is 0.131 e. The minimum absolute atomic E-state index is 0.0288. The topological polar surface area (TPSA) is 24.9 Å². The lowest BCUT2D eigenvalue weighted by molar-refractivity contribution is 0.473. The molecule has 1 aromatic heterocycles. The van der Waals surface area contributed by atoms with E-state index in [1.165, 1.54) is 29.5 Å². The van der Waals surface area contributed by atoms with E-state index in [1.54, 1.807) is 11.6 Å². The molecule has 0 radical (unpaired) electrons. The van der Waals surface area contributed by atoms with Crippen LogP contribution < -0.4 is 5.32 Å².